The number of aromatic nitrogens is 2. The second-order valence-corrected chi connectivity index (χ2v) is 6.06. The number of benzene rings is 1. The summed E-state index contributed by atoms with van der Waals surface area (Å²) in [6.45, 7) is 1.72. The van der Waals surface area contributed by atoms with Gasteiger partial charge in [0.15, 0.2) is 0 Å². The Kier molecular flexibility index (Phi) is 4.59. The number of carboxylic acids is 1. The fraction of sp³-hybridized carbons (Fsp3) is 0.412. The second kappa shape index (κ2) is 6.82. The van der Waals surface area contributed by atoms with Gasteiger partial charge in [0, 0.05) is 24.1 Å². The molecule has 1 saturated carbocycles. The lowest BCUT2D eigenvalue weighted by Crippen LogP contribution is -2.38. The molecule has 0 atom stereocenters. The van der Waals surface area contributed by atoms with Crippen LogP contribution < -0.4 is 5.32 Å². The molecule has 126 valence electrons. The molecule has 7 heteroatoms. The number of aryl methyl sites for hydroxylation is 1. The molecular formula is C17H19N3O4. The number of aliphatic carboxylic acids is 1. The van der Waals surface area contributed by atoms with Crippen molar-refractivity contribution in [2.45, 2.75) is 38.6 Å². The lowest BCUT2D eigenvalue weighted by Gasteiger charge is -2.26. The molecule has 3 rings (SSSR count). The normalized spacial score (nSPS) is 20.5. The van der Waals surface area contributed by atoms with Gasteiger partial charge in [-0.15, -0.1) is 10.2 Å². The molecule has 0 aliphatic heterocycles. The molecule has 2 N–H and O–H groups in total. The molecule has 1 aromatic carbocycles. The van der Waals surface area contributed by atoms with Gasteiger partial charge >= 0.3 is 5.97 Å². The molecule has 0 unspecified atom stereocenters. The van der Waals surface area contributed by atoms with Crippen molar-refractivity contribution < 1.29 is 19.1 Å². The Balaban J connectivity index is 1.59. The zero-order chi connectivity index (χ0) is 17.1. The molecule has 1 aromatic heterocycles. The molecule has 0 bridgehead atoms. The van der Waals surface area contributed by atoms with E-state index in [0.29, 0.717) is 43.0 Å². The standard InChI is InChI=1S/C17H19N3O4/c1-10-19-20-16(24-10)12-4-2-11(3-5-12)15(21)18-14-8-6-13(7-9-14)17(22)23/h2-5,13-14H,6-9H2,1H3,(H,18,21)(H,22,23). The van der Waals surface area contributed by atoms with E-state index in [-0.39, 0.29) is 17.9 Å². The summed E-state index contributed by atoms with van der Waals surface area (Å²) in [4.78, 5) is 23.3. The van der Waals surface area contributed by atoms with Crippen molar-refractivity contribution in [3.8, 4) is 11.5 Å². The third-order valence-electron chi connectivity index (χ3n) is 4.33. The van der Waals surface area contributed by atoms with Crippen LogP contribution in [-0.2, 0) is 4.79 Å². The highest BCUT2D eigenvalue weighted by atomic mass is 16.4. The van der Waals surface area contributed by atoms with E-state index in [4.69, 9.17) is 9.52 Å². The van der Waals surface area contributed by atoms with Crippen LogP contribution in [0.5, 0.6) is 0 Å². The van der Waals surface area contributed by atoms with Crippen LogP contribution in [0.4, 0.5) is 0 Å². The Labute approximate surface area is 139 Å². The molecule has 0 saturated heterocycles. The Morgan fingerprint density at radius 2 is 1.79 bits per heavy atom. The number of rotatable bonds is 4. The van der Waals surface area contributed by atoms with Gasteiger partial charge in [0.25, 0.3) is 5.91 Å². The third kappa shape index (κ3) is 3.61. The van der Waals surface area contributed by atoms with E-state index in [1.807, 2.05) is 0 Å². The van der Waals surface area contributed by atoms with Crippen LogP contribution >= 0.6 is 0 Å². The van der Waals surface area contributed by atoms with Gasteiger partial charge in [-0.2, -0.15) is 0 Å². The Morgan fingerprint density at radius 1 is 1.12 bits per heavy atom. The van der Waals surface area contributed by atoms with E-state index in [1.54, 1.807) is 31.2 Å². The van der Waals surface area contributed by atoms with Crippen LogP contribution in [0.25, 0.3) is 11.5 Å². The van der Waals surface area contributed by atoms with Crippen LogP contribution in [0.1, 0.15) is 41.9 Å². The van der Waals surface area contributed by atoms with Crippen molar-refractivity contribution in [1.82, 2.24) is 15.5 Å². The summed E-state index contributed by atoms with van der Waals surface area (Å²) < 4.78 is 5.35. The second-order valence-electron chi connectivity index (χ2n) is 6.06. The molecule has 1 aliphatic rings. The highest BCUT2D eigenvalue weighted by Gasteiger charge is 2.26. The smallest absolute Gasteiger partial charge is 0.306 e. The summed E-state index contributed by atoms with van der Waals surface area (Å²) in [5, 5.41) is 19.7. The van der Waals surface area contributed by atoms with Gasteiger partial charge in [0.05, 0.1) is 5.92 Å². The largest absolute Gasteiger partial charge is 0.481 e. The molecule has 1 amide bonds. The van der Waals surface area contributed by atoms with E-state index < -0.39 is 5.97 Å². The number of carboxylic acid groups (broad SMARTS) is 1. The minimum Gasteiger partial charge on any atom is -0.481 e. The Hall–Kier alpha value is -2.70. The van der Waals surface area contributed by atoms with Crippen LogP contribution in [-0.4, -0.2) is 33.2 Å². The zero-order valence-electron chi connectivity index (χ0n) is 13.4. The van der Waals surface area contributed by atoms with Crippen molar-refractivity contribution in [2.24, 2.45) is 5.92 Å². The zero-order valence-corrected chi connectivity index (χ0v) is 13.4. The van der Waals surface area contributed by atoms with Crippen LogP contribution in [0.3, 0.4) is 0 Å². The average molecular weight is 329 g/mol. The molecule has 1 heterocycles. The summed E-state index contributed by atoms with van der Waals surface area (Å²) in [7, 11) is 0. The number of hydrogen-bond donors (Lipinski definition) is 2. The van der Waals surface area contributed by atoms with Crippen molar-refractivity contribution in [3.63, 3.8) is 0 Å². The number of carbonyl (C=O) groups is 2. The van der Waals surface area contributed by atoms with Crippen molar-refractivity contribution >= 4 is 11.9 Å². The number of amides is 1. The van der Waals surface area contributed by atoms with Gasteiger partial charge in [-0.25, -0.2) is 0 Å². The highest BCUT2D eigenvalue weighted by molar-refractivity contribution is 5.94. The van der Waals surface area contributed by atoms with Gasteiger partial charge in [-0.3, -0.25) is 9.59 Å². The van der Waals surface area contributed by atoms with Crippen LogP contribution in [0.2, 0.25) is 0 Å². The first-order chi connectivity index (χ1) is 11.5. The van der Waals surface area contributed by atoms with E-state index in [1.165, 1.54) is 0 Å². The fourth-order valence-electron chi connectivity index (χ4n) is 2.93. The topological polar surface area (TPSA) is 105 Å². The summed E-state index contributed by atoms with van der Waals surface area (Å²) in [5.41, 5.74) is 1.31. The molecule has 7 nitrogen and oxygen atoms in total. The molecule has 0 radical (unpaired) electrons. The number of hydrogen-bond acceptors (Lipinski definition) is 5. The third-order valence-corrected chi connectivity index (χ3v) is 4.33. The molecule has 24 heavy (non-hydrogen) atoms. The minimum atomic E-state index is -0.744. The quantitative estimate of drug-likeness (QED) is 0.892. The minimum absolute atomic E-state index is 0.0337. The Morgan fingerprint density at radius 3 is 2.33 bits per heavy atom. The van der Waals surface area contributed by atoms with Crippen molar-refractivity contribution in [3.05, 3.63) is 35.7 Å². The van der Waals surface area contributed by atoms with Gasteiger partial charge in [-0.05, 0) is 49.9 Å². The SMILES string of the molecule is Cc1nnc(-c2ccc(C(=O)NC3CCC(C(=O)O)CC3)cc2)o1. The molecule has 1 fully saturated rings. The number of nitrogens with zero attached hydrogens (tertiary/aromatic N) is 2. The van der Waals surface area contributed by atoms with E-state index >= 15 is 0 Å². The predicted octanol–water partition coefficient (Wildman–Crippen LogP) is 2.42. The van der Waals surface area contributed by atoms with Crippen LogP contribution in [0.15, 0.2) is 28.7 Å². The van der Waals surface area contributed by atoms with Gasteiger partial charge in [-0.1, -0.05) is 0 Å². The van der Waals surface area contributed by atoms with Crippen molar-refractivity contribution in [2.75, 3.05) is 0 Å². The van der Waals surface area contributed by atoms with Crippen LogP contribution in [0, 0.1) is 12.8 Å². The predicted molar refractivity (Wildman–Crippen MR) is 85.3 cm³/mol. The first kappa shape index (κ1) is 16.2. The van der Waals surface area contributed by atoms with E-state index in [2.05, 4.69) is 15.5 Å². The molecule has 2 aromatic rings. The lowest BCUT2D eigenvalue weighted by atomic mass is 9.86. The summed E-state index contributed by atoms with van der Waals surface area (Å²) >= 11 is 0. The number of nitrogens with one attached hydrogen (secondary N) is 1. The molecule has 0 spiro atoms. The highest BCUT2D eigenvalue weighted by Crippen LogP contribution is 2.25. The van der Waals surface area contributed by atoms with E-state index in [9.17, 15) is 9.59 Å². The first-order valence-corrected chi connectivity index (χ1v) is 7.97. The number of carbonyl (C=O) groups excluding carboxylic acids is 1. The van der Waals surface area contributed by atoms with Gasteiger partial charge in [0.2, 0.25) is 11.8 Å². The molecular weight excluding hydrogens is 310 g/mol. The van der Waals surface area contributed by atoms with Gasteiger partial charge in [0.1, 0.15) is 0 Å². The summed E-state index contributed by atoms with van der Waals surface area (Å²) in [6, 6.07) is 7.00. The maximum absolute atomic E-state index is 12.3. The monoisotopic (exact) mass is 329 g/mol. The maximum atomic E-state index is 12.3. The molecule has 1 aliphatic carbocycles. The first-order valence-electron chi connectivity index (χ1n) is 7.97. The maximum Gasteiger partial charge on any atom is 0.306 e. The van der Waals surface area contributed by atoms with E-state index in [0.717, 1.165) is 5.56 Å². The lowest BCUT2D eigenvalue weighted by molar-refractivity contribution is -0.142. The fourth-order valence-corrected chi connectivity index (χ4v) is 2.93. The summed E-state index contributed by atoms with van der Waals surface area (Å²) in [5.74, 6) is -0.265. The van der Waals surface area contributed by atoms with Crippen molar-refractivity contribution in [1.29, 1.82) is 0 Å². The average Bonchev–Trinajstić information content (AvgIpc) is 3.02. The Bertz CT molecular complexity index is 731. The summed E-state index contributed by atoms with van der Waals surface area (Å²) in [6.07, 6.45) is 2.61. The van der Waals surface area contributed by atoms with Gasteiger partial charge < -0.3 is 14.8 Å².